The van der Waals surface area contributed by atoms with Crippen LogP contribution in [0.3, 0.4) is 0 Å². The third-order valence-electron chi connectivity index (χ3n) is 5.40. The Hall–Kier alpha value is -3.89. The van der Waals surface area contributed by atoms with E-state index in [0.29, 0.717) is 5.03 Å². The second-order valence-electron chi connectivity index (χ2n) is 7.73. The van der Waals surface area contributed by atoms with Crippen molar-refractivity contribution in [2.75, 3.05) is 36.6 Å². The lowest BCUT2D eigenvalue weighted by Crippen LogP contribution is -2.43. The SMILES string of the molecule is COCCN(C(=O)CSc1ccc2ccccc2n1)c1c(N)n(Cc2ccccc2)c(=O)[nH]c1=O. The fraction of sp³-hybridized carbons (Fsp3) is 0.200. The van der Waals surface area contributed by atoms with Crippen molar-refractivity contribution in [2.45, 2.75) is 11.6 Å². The van der Waals surface area contributed by atoms with Gasteiger partial charge in [0.1, 0.15) is 5.82 Å². The number of pyridine rings is 1. The number of carbonyl (C=O) groups excluding carboxylic acids is 1. The first-order chi connectivity index (χ1) is 17.0. The Morgan fingerprint density at radius 3 is 2.60 bits per heavy atom. The zero-order valence-electron chi connectivity index (χ0n) is 19.1. The molecule has 0 aliphatic rings. The van der Waals surface area contributed by atoms with Gasteiger partial charge in [-0.1, -0.05) is 66.4 Å². The van der Waals surface area contributed by atoms with E-state index in [0.717, 1.165) is 16.5 Å². The highest BCUT2D eigenvalue weighted by molar-refractivity contribution is 7.99. The average Bonchev–Trinajstić information content (AvgIpc) is 2.87. The van der Waals surface area contributed by atoms with Crippen LogP contribution in [0.5, 0.6) is 0 Å². The average molecular weight is 492 g/mol. The summed E-state index contributed by atoms with van der Waals surface area (Å²) in [4.78, 5) is 46.7. The fourth-order valence-electron chi connectivity index (χ4n) is 3.65. The van der Waals surface area contributed by atoms with Gasteiger partial charge in [-0.2, -0.15) is 0 Å². The molecule has 0 radical (unpaired) electrons. The molecule has 0 aliphatic carbocycles. The maximum atomic E-state index is 13.3. The number of fused-ring (bicyclic) bond motifs is 1. The number of nitrogen functional groups attached to an aromatic ring is 1. The van der Waals surface area contributed by atoms with Crippen LogP contribution in [0.1, 0.15) is 5.56 Å². The number of anilines is 2. The van der Waals surface area contributed by atoms with Crippen molar-refractivity contribution < 1.29 is 9.53 Å². The number of ether oxygens (including phenoxy) is 1. The molecule has 35 heavy (non-hydrogen) atoms. The van der Waals surface area contributed by atoms with Crippen molar-refractivity contribution >= 4 is 40.1 Å². The van der Waals surface area contributed by atoms with Gasteiger partial charge in [-0.25, -0.2) is 9.78 Å². The molecule has 9 nitrogen and oxygen atoms in total. The van der Waals surface area contributed by atoms with E-state index in [1.54, 1.807) is 0 Å². The second kappa shape index (κ2) is 11.0. The maximum Gasteiger partial charge on any atom is 0.330 e. The van der Waals surface area contributed by atoms with Crippen LogP contribution in [0, 0.1) is 0 Å². The van der Waals surface area contributed by atoms with Gasteiger partial charge in [-0.3, -0.25) is 19.1 Å². The molecular weight excluding hydrogens is 466 g/mol. The van der Waals surface area contributed by atoms with Crippen molar-refractivity contribution in [3.63, 3.8) is 0 Å². The van der Waals surface area contributed by atoms with Crippen LogP contribution >= 0.6 is 11.8 Å². The van der Waals surface area contributed by atoms with E-state index in [9.17, 15) is 14.4 Å². The minimum absolute atomic E-state index is 0.0196. The highest BCUT2D eigenvalue weighted by atomic mass is 32.2. The lowest BCUT2D eigenvalue weighted by Gasteiger charge is -2.24. The lowest BCUT2D eigenvalue weighted by atomic mass is 10.2. The number of nitrogens with zero attached hydrogens (tertiary/aromatic N) is 3. The molecule has 0 bridgehead atoms. The van der Waals surface area contributed by atoms with Crippen LogP contribution in [0.15, 0.2) is 81.3 Å². The fourth-order valence-corrected chi connectivity index (χ4v) is 4.40. The number of aromatic amines is 1. The molecule has 2 aromatic carbocycles. The van der Waals surface area contributed by atoms with Crippen LogP contribution in [0.25, 0.3) is 10.9 Å². The third kappa shape index (κ3) is 5.61. The molecule has 0 fully saturated rings. The summed E-state index contributed by atoms with van der Waals surface area (Å²) in [5, 5.41) is 1.68. The van der Waals surface area contributed by atoms with Crippen LogP contribution in [-0.4, -0.2) is 46.5 Å². The monoisotopic (exact) mass is 491 g/mol. The van der Waals surface area contributed by atoms with Gasteiger partial charge < -0.3 is 15.4 Å². The minimum Gasteiger partial charge on any atom is -0.383 e. The maximum absolute atomic E-state index is 13.3. The van der Waals surface area contributed by atoms with Gasteiger partial charge in [0.2, 0.25) is 5.91 Å². The number of rotatable bonds is 9. The molecule has 0 unspecified atom stereocenters. The summed E-state index contributed by atoms with van der Waals surface area (Å²) in [7, 11) is 1.50. The normalized spacial score (nSPS) is 11.0. The predicted octanol–water partition coefficient (Wildman–Crippen LogP) is 2.49. The van der Waals surface area contributed by atoms with Crippen LogP contribution in [0.2, 0.25) is 0 Å². The number of amides is 1. The van der Waals surface area contributed by atoms with Crippen LogP contribution in [0.4, 0.5) is 11.5 Å². The molecular formula is C25H25N5O4S. The number of methoxy groups -OCH3 is 1. The predicted molar refractivity (Wildman–Crippen MR) is 138 cm³/mol. The highest BCUT2D eigenvalue weighted by Gasteiger charge is 2.24. The topological polar surface area (TPSA) is 123 Å². The van der Waals surface area contributed by atoms with Crippen molar-refractivity contribution in [2.24, 2.45) is 0 Å². The molecule has 10 heteroatoms. The molecule has 0 saturated heterocycles. The van der Waals surface area contributed by atoms with E-state index in [1.165, 1.54) is 28.3 Å². The molecule has 4 rings (SSSR count). The number of nitrogens with two attached hydrogens (primary N) is 1. The number of para-hydroxylation sites is 1. The van der Waals surface area contributed by atoms with E-state index < -0.39 is 11.2 Å². The minimum atomic E-state index is -0.727. The number of thioether (sulfide) groups is 1. The quantitative estimate of drug-likeness (QED) is 0.345. The van der Waals surface area contributed by atoms with Gasteiger partial charge >= 0.3 is 5.69 Å². The highest BCUT2D eigenvalue weighted by Crippen LogP contribution is 2.23. The zero-order valence-corrected chi connectivity index (χ0v) is 20.0. The summed E-state index contributed by atoms with van der Waals surface area (Å²) in [6.45, 7) is 0.427. The Bertz CT molecular complexity index is 1450. The molecule has 0 atom stereocenters. The first kappa shape index (κ1) is 24.2. The number of hydrogen-bond acceptors (Lipinski definition) is 7. The smallest absolute Gasteiger partial charge is 0.330 e. The molecule has 1 amide bonds. The van der Waals surface area contributed by atoms with Crippen molar-refractivity contribution in [1.29, 1.82) is 0 Å². The molecule has 0 aliphatic heterocycles. The summed E-state index contributed by atoms with van der Waals surface area (Å²) < 4.78 is 6.40. The number of carbonyl (C=O) groups is 1. The van der Waals surface area contributed by atoms with Crippen molar-refractivity contribution in [1.82, 2.24) is 14.5 Å². The first-order valence-electron chi connectivity index (χ1n) is 10.9. The molecule has 0 spiro atoms. The summed E-state index contributed by atoms with van der Waals surface area (Å²) in [5.74, 6) is -0.420. The number of H-pyrrole nitrogens is 1. The number of benzene rings is 2. The van der Waals surface area contributed by atoms with Gasteiger partial charge in [0.15, 0.2) is 5.69 Å². The van der Waals surface area contributed by atoms with Gasteiger partial charge in [-0.15, -0.1) is 0 Å². The molecule has 4 aromatic rings. The largest absolute Gasteiger partial charge is 0.383 e. The van der Waals surface area contributed by atoms with Crippen LogP contribution in [-0.2, 0) is 16.1 Å². The van der Waals surface area contributed by atoms with Crippen molar-refractivity contribution in [3.8, 4) is 0 Å². The Labute approximate surface area is 205 Å². The van der Waals surface area contributed by atoms with Gasteiger partial charge in [0.25, 0.3) is 5.56 Å². The molecule has 3 N–H and O–H groups in total. The summed E-state index contributed by atoms with van der Waals surface area (Å²) in [6, 6.07) is 20.7. The van der Waals surface area contributed by atoms with Gasteiger partial charge in [0, 0.05) is 19.0 Å². The molecule has 0 saturated carbocycles. The summed E-state index contributed by atoms with van der Waals surface area (Å²) >= 11 is 1.26. The lowest BCUT2D eigenvalue weighted by molar-refractivity contribution is -0.116. The van der Waals surface area contributed by atoms with Crippen molar-refractivity contribution in [3.05, 3.63) is 93.1 Å². The summed E-state index contributed by atoms with van der Waals surface area (Å²) in [5.41, 5.74) is 6.51. The van der Waals surface area contributed by atoms with E-state index in [1.807, 2.05) is 66.7 Å². The second-order valence-corrected chi connectivity index (χ2v) is 8.73. The molecule has 2 aromatic heterocycles. The van der Waals surface area contributed by atoms with Gasteiger partial charge in [-0.05, 0) is 17.7 Å². The van der Waals surface area contributed by atoms with E-state index in [4.69, 9.17) is 10.5 Å². The number of hydrogen-bond donors (Lipinski definition) is 2. The standard InChI is InChI=1S/C25H25N5O4S/c1-34-14-13-29(21(31)16-35-20-12-11-18-9-5-6-10-19(18)27-20)22-23(26)30(25(33)28-24(22)32)15-17-7-3-2-4-8-17/h2-12H,13-16,26H2,1H3,(H,28,32,33). The summed E-state index contributed by atoms with van der Waals surface area (Å²) in [6.07, 6.45) is 0. The van der Waals surface area contributed by atoms with E-state index >= 15 is 0 Å². The Morgan fingerprint density at radius 1 is 1.09 bits per heavy atom. The zero-order chi connectivity index (χ0) is 24.8. The third-order valence-corrected chi connectivity index (χ3v) is 6.32. The molecule has 2 heterocycles. The Balaban J connectivity index is 1.62. The Kier molecular flexibility index (Phi) is 7.64. The first-order valence-corrected chi connectivity index (χ1v) is 11.9. The number of nitrogens with one attached hydrogen (secondary N) is 1. The van der Waals surface area contributed by atoms with Gasteiger partial charge in [0.05, 0.1) is 29.4 Å². The van der Waals surface area contributed by atoms with Crippen LogP contribution < -0.4 is 21.9 Å². The van der Waals surface area contributed by atoms with E-state index in [2.05, 4.69) is 9.97 Å². The van der Waals surface area contributed by atoms with E-state index in [-0.39, 0.29) is 42.9 Å². The Morgan fingerprint density at radius 2 is 1.83 bits per heavy atom. The molecule has 180 valence electrons. The number of aromatic nitrogens is 3.